The van der Waals surface area contributed by atoms with E-state index in [0.717, 1.165) is 22.0 Å². The molecule has 88 valence electrons. The fourth-order valence-electron chi connectivity index (χ4n) is 1.92. The second kappa shape index (κ2) is 4.05. The number of aryl methyl sites for hydroxylation is 2. The number of hydrogen-bond acceptors (Lipinski definition) is 3. The van der Waals surface area contributed by atoms with Gasteiger partial charge in [0, 0.05) is 5.39 Å². The van der Waals surface area contributed by atoms with Crippen LogP contribution in [0.25, 0.3) is 10.9 Å². The first-order chi connectivity index (χ1) is 8.02. The molecule has 2 rings (SSSR count). The third-order valence-electron chi connectivity index (χ3n) is 2.67. The van der Waals surface area contributed by atoms with Gasteiger partial charge in [0.2, 0.25) is 5.88 Å². The first-order valence-electron chi connectivity index (χ1n) is 5.22. The minimum atomic E-state index is -1.03. The largest absolute Gasteiger partial charge is 0.480 e. The number of ether oxygens (including phenoxy) is 1. The van der Waals surface area contributed by atoms with Gasteiger partial charge >= 0.3 is 5.97 Å². The molecule has 17 heavy (non-hydrogen) atoms. The summed E-state index contributed by atoms with van der Waals surface area (Å²) < 4.78 is 5.00. The van der Waals surface area contributed by atoms with Crippen molar-refractivity contribution in [2.45, 2.75) is 13.8 Å². The van der Waals surface area contributed by atoms with Crippen LogP contribution in [0.2, 0.25) is 0 Å². The van der Waals surface area contributed by atoms with Crippen molar-refractivity contribution >= 4 is 16.9 Å². The molecule has 4 heteroatoms. The van der Waals surface area contributed by atoms with E-state index in [0.29, 0.717) is 0 Å². The molecule has 0 aliphatic heterocycles. The van der Waals surface area contributed by atoms with Gasteiger partial charge in [0.15, 0.2) is 0 Å². The average molecular weight is 231 g/mol. The third kappa shape index (κ3) is 1.93. The van der Waals surface area contributed by atoms with Crippen molar-refractivity contribution in [2.75, 3.05) is 7.11 Å². The van der Waals surface area contributed by atoms with Crippen molar-refractivity contribution < 1.29 is 14.6 Å². The number of rotatable bonds is 2. The molecule has 0 unspecified atom stereocenters. The number of benzene rings is 1. The zero-order valence-electron chi connectivity index (χ0n) is 9.94. The minimum Gasteiger partial charge on any atom is -0.480 e. The maximum absolute atomic E-state index is 11.1. The number of fused-ring (bicyclic) bond motifs is 1. The second-order valence-corrected chi connectivity index (χ2v) is 4.00. The van der Waals surface area contributed by atoms with E-state index >= 15 is 0 Å². The molecule has 4 nitrogen and oxygen atoms in total. The summed E-state index contributed by atoms with van der Waals surface area (Å²) in [4.78, 5) is 15.3. The Morgan fingerprint density at radius 3 is 2.59 bits per heavy atom. The standard InChI is InChI=1S/C13H13NO3/c1-7-4-8(2)9-6-10(13(15)16)12(17-3)14-11(9)5-7/h4-6H,1-3H3,(H,15,16). The molecule has 0 atom stereocenters. The lowest BCUT2D eigenvalue weighted by Gasteiger charge is -2.08. The summed E-state index contributed by atoms with van der Waals surface area (Å²) in [7, 11) is 1.42. The first kappa shape index (κ1) is 11.4. The van der Waals surface area contributed by atoms with Gasteiger partial charge in [-0.3, -0.25) is 0 Å². The molecule has 1 heterocycles. The highest BCUT2D eigenvalue weighted by Gasteiger charge is 2.14. The third-order valence-corrected chi connectivity index (χ3v) is 2.67. The van der Waals surface area contributed by atoms with Gasteiger partial charge in [-0.25, -0.2) is 9.78 Å². The number of pyridine rings is 1. The number of carboxylic acid groups (broad SMARTS) is 1. The Balaban J connectivity index is 2.83. The van der Waals surface area contributed by atoms with Gasteiger partial charge in [-0.15, -0.1) is 0 Å². The molecule has 0 bridgehead atoms. The van der Waals surface area contributed by atoms with E-state index < -0.39 is 5.97 Å². The molecule has 0 aliphatic carbocycles. The van der Waals surface area contributed by atoms with E-state index in [2.05, 4.69) is 4.98 Å². The van der Waals surface area contributed by atoms with Crippen LogP contribution in [0.15, 0.2) is 18.2 Å². The molecule has 2 aromatic rings. The second-order valence-electron chi connectivity index (χ2n) is 4.00. The lowest BCUT2D eigenvalue weighted by Crippen LogP contribution is -2.03. The lowest BCUT2D eigenvalue weighted by molar-refractivity contribution is 0.0692. The van der Waals surface area contributed by atoms with Crippen molar-refractivity contribution in [2.24, 2.45) is 0 Å². The maximum Gasteiger partial charge on any atom is 0.341 e. The van der Waals surface area contributed by atoms with Gasteiger partial charge in [0.05, 0.1) is 12.6 Å². The molecular weight excluding hydrogens is 218 g/mol. The van der Waals surface area contributed by atoms with Crippen molar-refractivity contribution in [3.05, 3.63) is 34.9 Å². The molecule has 0 spiro atoms. The van der Waals surface area contributed by atoms with Gasteiger partial charge in [-0.1, -0.05) is 6.07 Å². The van der Waals surface area contributed by atoms with Crippen LogP contribution in [-0.4, -0.2) is 23.2 Å². The van der Waals surface area contributed by atoms with Crippen LogP contribution in [0, 0.1) is 13.8 Å². The Kier molecular flexibility index (Phi) is 2.71. The van der Waals surface area contributed by atoms with Crippen molar-refractivity contribution in [1.82, 2.24) is 4.98 Å². The van der Waals surface area contributed by atoms with E-state index in [1.54, 1.807) is 6.07 Å². The zero-order chi connectivity index (χ0) is 12.6. The Labute approximate surface area is 98.9 Å². The summed E-state index contributed by atoms with van der Waals surface area (Å²) in [5, 5.41) is 9.92. The van der Waals surface area contributed by atoms with E-state index in [1.165, 1.54) is 7.11 Å². The SMILES string of the molecule is COc1nc2cc(C)cc(C)c2cc1C(=O)O. The molecule has 0 radical (unpaired) electrons. The van der Waals surface area contributed by atoms with Gasteiger partial charge in [-0.05, 0) is 37.1 Å². The van der Waals surface area contributed by atoms with Crippen LogP contribution in [0.1, 0.15) is 21.5 Å². The summed E-state index contributed by atoms with van der Waals surface area (Å²) in [5.74, 6) is -0.883. The molecule has 0 amide bonds. The van der Waals surface area contributed by atoms with Gasteiger partial charge in [0.25, 0.3) is 0 Å². The number of aromatic carboxylic acids is 1. The van der Waals surface area contributed by atoms with Crippen LogP contribution >= 0.6 is 0 Å². The van der Waals surface area contributed by atoms with Crippen LogP contribution in [0.4, 0.5) is 0 Å². The zero-order valence-corrected chi connectivity index (χ0v) is 9.94. The number of hydrogen-bond donors (Lipinski definition) is 1. The quantitative estimate of drug-likeness (QED) is 0.862. The van der Waals surface area contributed by atoms with Gasteiger partial charge < -0.3 is 9.84 Å². The molecule has 1 aromatic carbocycles. The molecule has 0 fully saturated rings. The van der Waals surface area contributed by atoms with Crippen LogP contribution in [0.3, 0.4) is 0 Å². The lowest BCUT2D eigenvalue weighted by atomic mass is 10.0. The fraction of sp³-hybridized carbons (Fsp3) is 0.231. The molecule has 0 saturated heterocycles. The van der Waals surface area contributed by atoms with Gasteiger partial charge in [-0.2, -0.15) is 0 Å². The molecule has 0 aliphatic rings. The average Bonchev–Trinajstić information content (AvgIpc) is 2.26. The van der Waals surface area contributed by atoms with Crippen LogP contribution in [-0.2, 0) is 0 Å². The van der Waals surface area contributed by atoms with E-state index in [4.69, 9.17) is 9.84 Å². The summed E-state index contributed by atoms with van der Waals surface area (Å²) in [6, 6.07) is 5.52. The highest BCUT2D eigenvalue weighted by atomic mass is 16.5. The number of carboxylic acids is 1. The van der Waals surface area contributed by atoms with E-state index in [-0.39, 0.29) is 11.4 Å². The normalized spacial score (nSPS) is 10.5. The predicted molar refractivity (Wildman–Crippen MR) is 64.7 cm³/mol. The number of carbonyl (C=O) groups is 1. The molecular formula is C13H13NO3. The summed E-state index contributed by atoms with van der Waals surface area (Å²) in [5.41, 5.74) is 2.95. The topological polar surface area (TPSA) is 59.4 Å². The predicted octanol–water partition coefficient (Wildman–Crippen LogP) is 2.56. The molecule has 0 saturated carbocycles. The minimum absolute atomic E-state index is 0.0898. The fourth-order valence-corrected chi connectivity index (χ4v) is 1.92. The number of methoxy groups -OCH3 is 1. The Morgan fingerprint density at radius 2 is 2.00 bits per heavy atom. The van der Waals surface area contributed by atoms with Crippen molar-refractivity contribution in [3.8, 4) is 5.88 Å². The Bertz CT molecular complexity index is 605. The first-order valence-corrected chi connectivity index (χ1v) is 5.22. The smallest absolute Gasteiger partial charge is 0.341 e. The summed E-state index contributed by atoms with van der Waals surface area (Å²) in [6.07, 6.45) is 0. The maximum atomic E-state index is 11.1. The van der Waals surface area contributed by atoms with E-state index in [1.807, 2.05) is 26.0 Å². The molecule has 1 aromatic heterocycles. The Hall–Kier alpha value is -2.10. The van der Waals surface area contributed by atoms with Crippen molar-refractivity contribution in [3.63, 3.8) is 0 Å². The number of nitrogens with zero attached hydrogens (tertiary/aromatic N) is 1. The Morgan fingerprint density at radius 1 is 1.29 bits per heavy atom. The summed E-state index contributed by atoms with van der Waals surface area (Å²) >= 11 is 0. The molecule has 1 N–H and O–H groups in total. The van der Waals surface area contributed by atoms with E-state index in [9.17, 15) is 4.79 Å². The van der Waals surface area contributed by atoms with Crippen molar-refractivity contribution in [1.29, 1.82) is 0 Å². The monoisotopic (exact) mass is 231 g/mol. The highest BCUT2D eigenvalue weighted by molar-refractivity contribution is 5.96. The van der Waals surface area contributed by atoms with Crippen LogP contribution in [0.5, 0.6) is 5.88 Å². The van der Waals surface area contributed by atoms with Crippen LogP contribution < -0.4 is 4.74 Å². The summed E-state index contributed by atoms with van der Waals surface area (Å²) in [6.45, 7) is 3.92. The van der Waals surface area contributed by atoms with Gasteiger partial charge in [0.1, 0.15) is 5.56 Å². The number of aromatic nitrogens is 1. The highest BCUT2D eigenvalue weighted by Crippen LogP contribution is 2.25.